The average molecular weight is 341 g/mol. The summed E-state index contributed by atoms with van der Waals surface area (Å²) in [6.07, 6.45) is -0.437. The number of imide groups is 1. The fourth-order valence-corrected chi connectivity index (χ4v) is 2.44. The normalized spacial score (nSPS) is 22.3. The van der Waals surface area contributed by atoms with Crippen LogP contribution in [0.25, 0.3) is 0 Å². The first kappa shape index (κ1) is 17.7. The molecule has 0 radical (unpaired) electrons. The van der Waals surface area contributed by atoms with Gasteiger partial charge in [0.2, 0.25) is 0 Å². The van der Waals surface area contributed by atoms with Crippen LogP contribution in [0, 0.1) is 0 Å². The molecule has 7 heteroatoms. The molecule has 2 rings (SSSR count). The number of amides is 3. The van der Waals surface area contributed by atoms with Gasteiger partial charge in [0.1, 0.15) is 5.54 Å². The second kappa shape index (κ2) is 7.29. The summed E-state index contributed by atoms with van der Waals surface area (Å²) in [5.41, 5.74) is 0.0381. The second-order valence-corrected chi connectivity index (χ2v) is 6.26. The molecule has 126 valence electrons. The van der Waals surface area contributed by atoms with Gasteiger partial charge in [0, 0.05) is 5.02 Å². The van der Waals surface area contributed by atoms with Gasteiger partial charge in [0.15, 0.2) is 0 Å². The van der Waals surface area contributed by atoms with Gasteiger partial charge in [-0.15, -0.1) is 0 Å². The number of benzene rings is 1. The van der Waals surface area contributed by atoms with Gasteiger partial charge in [-0.05, 0) is 31.0 Å². The van der Waals surface area contributed by atoms with Gasteiger partial charge in [-0.2, -0.15) is 0 Å². The van der Waals surface area contributed by atoms with Gasteiger partial charge in [-0.1, -0.05) is 30.7 Å². The van der Waals surface area contributed by atoms with E-state index in [-0.39, 0.29) is 19.1 Å². The third-order valence-electron chi connectivity index (χ3n) is 3.94. The first-order chi connectivity index (χ1) is 10.9. The number of hydrogen-bond acceptors (Lipinski definition) is 4. The van der Waals surface area contributed by atoms with Crippen molar-refractivity contribution in [3.05, 3.63) is 34.9 Å². The summed E-state index contributed by atoms with van der Waals surface area (Å²) >= 11 is 5.80. The lowest BCUT2D eigenvalue weighted by molar-refractivity contribution is -0.132. The molecule has 0 aromatic heterocycles. The minimum atomic E-state index is -0.934. The molecule has 1 saturated heterocycles. The molecule has 1 fully saturated rings. The highest BCUT2D eigenvalue weighted by Gasteiger charge is 2.46. The van der Waals surface area contributed by atoms with Crippen LogP contribution in [-0.2, 0) is 16.1 Å². The predicted octanol–water partition coefficient (Wildman–Crippen LogP) is 1.94. The summed E-state index contributed by atoms with van der Waals surface area (Å²) in [5, 5.41) is 13.3. The van der Waals surface area contributed by atoms with Crippen LogP contribution in [0.1, 0.15) is 25.8 Å². The Balaban J connectivity index is 1.80. The lowest BCUT2D eigenvalue weighted by Crippen LogP contribution is -2.44. The third-order valence-corrected chi connectivity index (χ3v) is 4.19. The summed E-state index contributed by atoms with van der Waals surface area (Å²) in [6.45, 7) is 3.77. The standard InChI is InChI=1S/C16H21ClN2O4/c1-3-16(2)14(21)19(15(22)18-16)8-13(20)10-23-9-11-4-6-12(17)7-5-11/h4-7,13,20H,3,8-10H2,1-2H3,(H,18,22)/t13-,16+/m0/s1. The highest BCUT2D eigenvalue weighted by Crippen LogP contribution is 2.21. The molecule has 1 aliphatic heterocycles. The van der Waals surface area contributed by atoms with E-state index in [9.17, 15) is 14.7 Å². The number of β-amino-alcohol motifs (C(OH)–C–C–N with tert-alkyl or cyclic N) is 1. The van der Waals surface area contributed by atoms with Crippen LogP contribution >= 0.6 is 11.6 Å². The molecule has 1 heterocycles. The van der Waals surface area contributed by atoms with Crippen LogP contribution in [0.2, 0.25) is 5.02 Å². The number of rotatable bonds is 7. The zero-order valence-electron chi connectivity index (χ0n) is 13.2. The molecule has 2 atom stereocenters. The number of hydrogen-bond donors (Lipinski definition) is 2. The molecule has 0 unspecified atom stereocenters. The number of aliphatic hydroxyl groups is 1. The maximum Gasteiger partial charge on any atom is 0.325 e. The Labute approximate surface area is 140 Å². The zero-order chi connectivity index (χ0) is 17.0. The van der Waals surface area contributed by atoms with Crippen molar-refractivity contribution in [1.29, 1.82) is 0 Å². The lowest BCUT2D eigenvalue weighted by Gasteiger charge is -2.21. The minimum Gasteiger partial charge on any atom is -0.389 e. The fraction of sp³-hybridized carbons (Fsp3) is 0.500. The molecule has 6 nitrogen and oxygen atoms in total. The molecular weight excluding hydrogens is 320 g/mol. The van der Waals surface area contributed by atoms with Crippen molar-refractivity contribution in [3.63, 3.8) is 0 Å². The number of halogens is 1. The maximum absolute atomic E-state index is 12.2. The number of aliphatic hydroxyl groups excluding tert-OH is 1. The Kier molecular flexibility index (Phi) is 5.62. The zero-order valence-corrected chi connectivity index (χ0v) is 14.0. The number of urea groups is 1. The van der Waals surface area contributed by atoms with Crippen molar-refractivity contribution in [2.75, 3.05) is 13.2 Å². The monoisotopic (exact) mass is 340 g/mol. The quantitative estimate of drug-likeness (QED) is 0.743. The van der Waals surface area contributed by atoms with Crippen molar-refractivity contribution in [3.8, 4) is 0 Å². The topological polar surface area (TPSA) is 78.9 Å². The van der Waals surface area contributed by atoms with Gasteiger partial charge in [-0.3, -0.25) is 9.69 Å². The Morgan fingerprint density at radius 3 is 2.57 bits per heavy atom. The SMILES string of the molecule is CC[C@@]1(C)NC(=O)N(C[C@H](O)COCc2ccc(Cl)cc2)C1=O. The smallest absolute Gasteiger partial charge is 0.325 e. The van der Waals surface area contributed by atoms with Gasteiger partial charge >= 0.3 is 6.03 Å². The summed E-state index contributed by atoms with van der Waals surface area (Å²) < 4.78 is 5.42. The van der Waals surface area contributed by atoms with E-state index in [0.717, 1.165) is 10.5 Å². The average Bonchev–Trinajstić information content (AvgIpc) is 2.73. The molecule has 3 amide bonds. The summed E-state index contributed by atoms with van der Waals surface area (Å²) in [7, 11) is 0. The van der Waals surface area contributed by atoms with Crippen LogP contribution in [-0.4, -0.2) is 46.7 Å². The summed E-state index contributed by atoms with van der Waals surface area (Å²) in [4.78, 5) is 25.1. The van der Waals surface area contributed by atoms with Crippen molar-refractivity contribution in [2.45, 2.75) is 38.5 Å². The van der Waals surface area contributed by atoms with Crippen LogP contribution in [0.4, 0.5) is 4.79 Å². The number of carbonyl (C=O) groups excluding carboxylic acids is 2. The van der Waals surface area contributed by atoms with E-state index < -0.39 is 17.7 Å². The maximum atomic E-state index is 12.2. The van der Waals surface area contributed by atoms with E-state index in [1.165, 1.54) is 0 Å². The van der Waals surface area contributed by atoms with E-state index >= 15 is 0 Å². The molecule has 1 aliphatic rings. The molecule has 1 aromatic rings. The van der Waals surface area contributed by atoms with Crippen molar-refractivity contribution in [1.82, 2.24) is 10.2 Å². The van der Waals surface area contributed by atoms with Crippen LogP contribution < -0.4 is 5.32 Å². The molecule has 0 saturated carbocycles. The number of nitrogens with zero attached hydrogens (tertiary/aromatic N) is 1. The Bertz CT molecular complexity index is 578. The lowest BCUT2D eigenvalue weighted by atomic mass is 9.99. The highest BCUT2D eigenvalue weighted by atomic mass is 35.5. The van der Waals surface area contributed by atoms with E-state index in [1.54, 1.807) is 19.1 Å². The van der Waals surface area contributed by atoms with Crippen LogP contribution in [0.15, 0.2) is 24.3 Å². The molecule has 23 heavy (non-hydrogen) atoms. The molecule has 0 bridgehead atoms. The highest BCUT2D eigenvalue weighted by molar-refractivity contribution is 6.30. The molecular formula is C16H21ClN2O4. The van der Waals surface area contributed by atoms with Crippen LogP contribution in [0.5, 0.6) is 0 Å². The Hall–Kier alpha value is -1.63. The third kappa shape index (κ3) is 4.22. The Morgan fingerprint density at radius 1 is 1.35 bits per heavy atom. The van der Waals surface area contributed by atoms with E-state index in [1.807, 2.05) is 19.1 Å². The van der Waals surface area contributed by atoms with Crippen molar-refractivity contribution < 1.29 is 19.4 Å². The fourth-order valence-electron chi connectivity index (χ4n) is 2.31. The van der Waals surface area contributed by atoms with Gasteiger partial charge in [-0.25, -0.2) is 4.79 Å². The van der Waals surface area contributed by atoms with E-state index in [2.05, 4.69) is 5.32 Å². The van der Waals surface area contributed by atoms with Gasteiger partial charge < -0.3 is 15.2 Å². The molecule has 0 aliphatic carbocycles. The molecule has 1 aromatic carbocycles. The molecule has 0 spiro atoms. The first-order valence-corrected chi connectivity index (χ1v) is 7.88. The van der Waals surface area contributed by atoms with Crippen LogP contribution in [0.3, 0.4) is 0 Å². The number of ether oxygens (including phenoxy) is 1. The number of carbonyl (C=O) groups is 2. The van der Waals surface area contributed by atoms with Gasteiger partial charge in [0.05, 0.1) is 25.9 Å². The van der Waals surface area contributed by atoms with Crippen molar-refractivity contribution in [2.24, 2.45) is 0 Å². The largest absolute Gasteiger partial charge is 0.389 e. The summed E-state index contributed by atoms with van der Waals surface area (Å²) in [6, 6.07) is 6.71. The number of nitrogens with one attached hydrogen (secondary N) is 1. The predicted molar refractivity (Wildman–Crippen MR) is 86.1 cm³/mol. The van der Waals surface area contributed by atoms with Gasteiger partial charge in [0.25, 0.3) is 5.91 Å². The molecule has 2 N–H and O–H groups in total. The minimum absolute atomic E-state index is 0.0303. The Morgan fingerprint density at radius 2 is 2.00 bits per heavy atom. The second-order valence-electron chi connectivity index (χ2n) is 5.83. The first-order valence-electron chi connectivity index (χ1n) is 7.50. The van der Waals surface area contributed by atoms with E-state index in [4.69, 9.17) is 16.3 Å². The van der Waals surface area contributed by atoms with E-state index in [0.29, 0.717) is 18.1 Å². The van der Waals surface area contributed by atoms with Crippen molar-refractivity contribution >= 4 is 23.5 Å². The summed E-state index contributed by atoms with van der Waals surface area (Å²) in [5.74, 6) is -0.318.